The van der Waals surface area contributed by atoms with Gasteiger partial charge in [-0.3, -0.25) is 19.4 Å². The Balaban J connectivity index is 2.84. The summed E-state index contributed by atoms with van der Waals surface area (Å²) in [6.07, 6.45) is 0.904. The van der Waals surface area contributed by atoms with Gasteiger partial charge in [-0.2, -0.15) is 0 Å². The van der Waals surface area contributed by atoms with E-state index in [1.807, 2.05) is 0 Å². The van der Waals surface area contributed by atoms with Crippen LogP contribution in [0.25, 0.3) is 0 Å². The third-order valence-corrected chi connectivity index (χ3v) is 5.36. The third-order valence-electron chi connectivity index (χ3n) is 5.36. The zero-order valence-electron chi connectivity index (χ0n) is 19.2. The van der Waals surface area contributed by atoms with Gasteiger partial charge in [0.25, 0.3) is 0 Å². The zero-order chi connectivity index (χ0) is 23.9. The Morgan fingerprint density at radius 1 is 1.35 bits per heavy atom. The molecule has 1 fully saturated rings. The van der Waals surface area contributed by atoms with E-state index in [9.17, 15) is 14.4 Å². The number of nitrogens with two attached hydrogens (primary N) is 1. The Hall–Kier alpha value is -2.52. The summed E-state index contributed by atoms with van der Waals surface area (Å²) in [7, 11) is 0. The van der Waals surface area contributed by atoms with E-state index < -0.39 is 35.4 Å². The molecule has 4 N–H and O–H groups in total. The lowest BCUT2D eigenvalue weighted by Crippen LogP contribution is -2.53. The number of nitrogens with one attached hydrogen (secondary N) is 2. The van der Waals surface area contributed by atoms with Gasteiger partial charge in [-0.25, -0.2) is 5.43 Å². The summed E-state index contributed by atoms with van der Waals surface area (Å²) in [5, 5.41) is 9.90. The van der Waals surface area contributed by atoms with Crippen molar-refractivity contribution in [2.75, 3.05) is 19.8 Å². The van der Waals surface area contributed by atoms with Gasteiger partial charge in [0.1, 0.15) is 6.04 Å². The lowest BCUT2D eigenvalue weighted by atomic mass is 9.88. The zero-order valence-corrected chi connectivity index (χ0v) is 19.2. The number of hydrogen-bond acceptors (Lipinski definition) is 7. The number of carbonyl (C=O) groups is 3. The summed E-state index contributed by atoms with van der Waals surface area (Å²) in [5.74, 6) is -1.95. The van der Waals surface area contributed by atoms with Crippen LogP contribution in [0.3, 0.4) is 0 Å². The summed E-state index contributed by atoms with van der Waals surface area (Å²) in [5.41, 5.74) is 7.63. The van der Waals surface area contributed by atoms with E-state index >= 15 is 0 Å². The van der Waals surface area contributed by atoms with E-state index in [0.29, 0.717) is 25.3 Å². The van der Waals surface area contributed by atoms with Crippen molar-refractivity contribution in [2.24, 2.45) is 23.0 Å². The number of primary amides is 1. The van der Waals surface area contributed by atoms with Gasteiger partial charge in [0.05, 0.1) is 24.3 Å². The summed E-state index contributed by atoms with van der Waals surface area (Å²) in [4.78, 5) is 36.6. The molecule has 0 aromatic rings. The first kappa shape index (κ1) is 26.5. The summed E-state index contributed by atoms with van der Waals surface area (Å²) >= 11 is 0. The molecule has 9 heteroatoms. The maximum Gasteiger partial charge on any atom is 0.316 e. The van der Waals surface area contributed by atoms with Crippen LogP contribution in [0.1, 0.15) is 41.0 Å². The molecule has 0 aromatic heterocycles. The second kappa shape index (κ2) is 11.2. The molecule has 0 saturated carbocycles. The van der Waals surface area contributed by atoms with Crippen molar-refractivity contribution < 1.29 is 23.9 Å². The van der Waals surface area contributed by atoms with Crippen molar-refractivity contribution in [3.8, 4) is 0 Å². The van der Waals surface area contributed by atoms with E-state index in [1.54, 1.807) is 34.6 Å². The first-order valence-electron chi connectivity index (χ1n) is 10.4. The molecule has 31 heavy (non-hydrogen) atoms. The molecule has 174 valence electrons. The Kier molecular flexibility index (Phi) is 9.58. The van der Waals surface area contributed by atoms with E-state index in [1.165, 1.54) is 11.1 Å². The number of carbonyl (C=O) groups excluding carboxylic acids is 3. The first-order valence-corrected chi connectivity index (χ1v) is 10.4. The smallest absolute Gasteiger partial charge is 0.316 e. The van der Waals surface area contributed by atoms with Crippen LogP contribution in [0, 0.1) is 22.7 Å². The number of esters is 1. The molecule has 1 unspecified atom stereocenters. The van der Waals surface area contributed by atoms with Crippen LogP contribution < -0.4 is 11.2 Å². The molecule has 1 aliphatic rings. The minimum atomic E-state index is -0.891. The molecule has 0 bridgehead atoms. The average Bonchev–Trinajstić information content (AvgIpc) is 2.68. The molecular formula is C22H36N4O5. The monoisotopic (exact) mass is 436 g/mol. The number of hydrazine groups is 1. The van der Waals surface area contributed by atoms with Gasteiger partial charge >= 0.3 is 5.97 Å². The van der Waals surface area contributed by atoms with E-state index in [2.05, 4.69) is 18.6 Å². The number of ether oxygens (including phenoxy) is 2. The highest BCUT2D eigenvalue weighted by Crippen LogP contribution is 2.27. The molecule has 1 aliphatic heterocycles. The fourth-order valence-corrected chi connectivity index (χ4v) is 2.81. The molecule has 1 rings (SSSR count). The van der Waals surface area contributed by atoms with Crippen LogP contribution in [0.2, 0.25) is 0 Å². The third kappa shape index (κ3) is 7.00. The second-order valence-electron chi connectivity index (χ2n) is 8.51. The number of rotatable bonds is 13. The predicted molar refractivity (Wildman–Crippen MR) is 118 cm³/mol. The van der Waals surface area contributed by atoms with E-state index in [4.69, 9.17) is 20.6 Å². The fraction of sp³-hybridized carbons (Fsp3) is 0.636. The van der Waals surface area contributed by atoms with Gasteiger partial charge in [0.15, 0.2) is 6.10 Å². The molecule has 1 heterocycles. The first-order chi connectivity index (χ1) is 14.3. The van der Waals surface area contributed by atoms with Gasteiger partial charge < -0.3 is 20.6 Å². The highest BCUT2D eigenvalue weighted by atomic mass is 16.6. The standard InChI is InChI=1S/C22H36N4O5/c1-8-22(6,7)21(29)31-18(16-11-30-12-16)17(23)13(3)10-14(4)20(28)26(9-2)25-15(5)19(24)27/h8,14-16,18,23,25H,1,3,9-12H2,2,4-7H3,(H2,24,27)/t14-,15+,18?/m1/s1. The van der Waals surface area contributed by atoms with Crippen molar-refractivity contribution in [3.05, 3.63) is 24.8 Å². The van der Waals surface area contributed by atoms with Crippen LogP contribution in [0.4, 0.5) is 0 Å². The van der Waals surface area contributed by atoms with Gasteiger partial charge in [-0.1, -0.05) is 19.6 Å². The quantitative estimate of drug-likeness (QED) is 0.174. The molecule has 0 aliphatic carbocycles. The highest BCUT2D eigenvalue weighted by Gasteiger charge is 2.38. The Bertz CT molecular complexity index is 729. The van der Waals surface area contributed by atoms with Gasteiger partial charge in [0, 0.05) is 18.4 Å². The van der Waals surface area contributed by atoms with Crippen LogP contribution in [-0.2, 0) is 23.9 Å². The molecule has 3 atom stereocenters. The van der Waals surface area contributed by atoms with E-state index in [0.717, 1.165) is 0 Å². The Labute approximate surface area is 184 Å². The molecule has 1 saturated heterocycles. The number of amides is 2. The molecule has 2 amide bonds. The van der Waals surface area contributed by atoms with E-state index in [-0.39, 0.29) is 24.0 Å². The molecule has 0 radical (unpaired) electrons. The summed E-state index contributed by atoms with van der Waals surface area (Å²) < 4.78 is 10.9. The largest absolute Gasteiger partial charge is 0.455 e. The van der Waals surface area contributed by atoms with Crippen molar-refractivity contribution in [3.63, 3.8) is 0 Å². The van der Waals surface area contributed by atoms with Gasteiger partial charge in [0.2, 0.25) is 11.8 Å². The van der Waals surface area contributed by atoms with Crippen molar-refractivity contribution >= 4 is 23.5 Å². The lowest BCUT2D eigenvalue weighted by molar-refractivity contribution is -0.163. The van der Waals surface area contributed by atoms with Crippen molar-refractivity contribution in [1.29, 1.82) is 5.41 Å². The SMILES string of the molecule is C=CC(C)(C)C(=O)OC(C(=N)C(=C)C[C@@H](C)C(=O)N(CC)N[C@@H](C)C(N)=O)C1COC1. The topological polar surface area (TPSA) is 135 Å². The molecular weight excluding hydrogens is 400 g/mol. The molecule has 9 nitrogen and oxygen atoms in total. The predicted octanol–water partition coefficient (Wildman–Crippen LogP) is 1.59. The Morgan fingerprint density at radius 2 is 1.94 bits per heavy atom. The van der Waals surface area contributed by atoms with Crippen LogP contribution in [0.15, 0.2) is 24.8 Å². The van der Waals surface area contributed by atoms with Crippen LogP contribution in [0.5, 0.6) is 0 Å². The second-order valence-corrected chi connectivity index (χ2v) is 8.51. The summed E-state index contributed by atoms with van der Waals surface area (Å²) in [6, 6.07) is -0.701. The highest BCUT2D eigenvalue weighted by molar-refractivity contribution is 6.02. The molecule has 0 spiro atoms. The normalized spacial score (nSPS) is 16.9. The molecule has 0 aromatic carbocycles. The summed E-state index contributed by atoms with van der Waals surface area (Å²) in [6.45, 7) is 17.2. The minimum absolute atomic E-state index is 0.0719. The van der Waals surface area contributed by atoms with Crippen molar-refractivity contribution in [2.45, 2.75) is 53.2 Å². The fourth-order valence-electron chi connectivity index (χ4n) is 2.81. The number of nitrogens with zero attached hydrogens (tertiary/aromatic N) is 1. The van der Waals surface area contributed by atoms with Gasteiger partial charge in [-0.15, -0.1) is 6.58 Å². The van der Waals surface area contributed by atoms with Crippen LogP contribution in [-0.4, -0.2) is 60.4 Å². The maximum atomic E-state index is 12.8. The van der Waals surface area contributed by atoms with Gasteiger partial charge in [-0.05, 0) is 39.7 Å². The minimum Gasteiger partial charge on any atom is -0.455 e. The average molecular weight is 437 g/mol. The van der Waals surface area contributed by atoms with Crippen molar-refractivity contribution in [1.82, 2.24) is 10.4 Å². The van der Waals surface area contributed by atoms with Crippen LogP contribution >= 0.6 is 0 Å². The maximum absolute atomic E-state index is 12.8. The number of hydrogen-bond donors (Lipinski definition) is 3. The Morgan fingerprint density at radius 3 is 2.35 bits per heavy atom. The lowest BCUT2D eigenvalue weighted by Gasteiger charge is -2.35.